The highest BCUT2D eigenvalue weighted by Crippen LogP contribution is 2.05. The van der Waals surface area contributed by atoms with Gasteiger partial charge in [0.25, 0.3) is 5.91 Å². The molecule has 54 valence electrons. The summed E-state index contributed by atoms with van der Waals surface area (Å²) in [6.07, 6.45) is 1.81. The first kappa shape index (κ1) is 6.86. The number of nitrogens with two attached hydrogens (primary N) is 1. The van der Waals surface area contributed by atoms with Gasteiger partial charge in [-0.15, -0.1) is 0 Å². The fourth-order valence-electron chi connectivity index (χ4n) is 0.869. The summed E-state index contributed by atoms with van der Waals surface area (Å²) in [6.45, 7) is 1.86. The molecular weight excluding hydrogens is 128 g/mol. The van der Waals surface area contributed by atoms with E-state index in [4.69, 9.17) is 5.73 Å². The lowest BCUT2D eigenvalue weighted by molar-refractivity contribution is 0.0999. The summed E-state index contributed by atoms with van der Waals surface area (Å²) in [6, 6.07) is 1.72. The highest BCUT2D eigenvalue weighted by atomic mass is 16.1. The molecular formula is C7H10N2O. The van der Waals surface area contributed by atoms with Crippen molar-refractivity contribution in [2.24, 2.45) is 12.8 Å². The minimum atomic E-state index is -0.363. The van der Waals surface area contributed by atoms with Crippen molar-refractivity contribution in [1.29, 1.82) is 0 Å². The zero-order valence-corrected chi connectivity index (χ0v) is 6.09. The maximum absolute atomic E-state index is 10.6. The van der Waals surface area contributed by atoms with Gasteiger partial charge in [-0.3, -0.25) is 4.79 Å². The van der Waals surface area contributed by atoms with E-state index < -0.39 is 0 Å². The molecule has 1 heterocycles. The fraction of sp³-hybridized carbons (Fsp3) is 0.286. The highest BCUT2D eigenvalue weighted by molar-refractivity contribution is 5.93. The van der Waals surface area contributed by atoms with Crippen molar-refractivity contribution < 1.29 is 4.79 Å². The first-order valence-electron chi connectivity index (χ1n) is 3.04. The van der Waals surface area contributed by atoms with E-state index in [0.717, 1.165) is 5.69 Å². The molecule has 0 radical (unpaired) electrons. The van der Waals surface area contributed by atoms with Gasteiger partial charge in [-0.2, -0.15) is 0 Å². The molecule has 1 aromatic rings. The standard InChI is InChI=1S/C7H10N2O/c1-5-6(7(8)10)3-4-9(5)2/h3-4H,1-2H3,(H2,8,10). The second kappa shape index (κ2) is 2.17. The maximum atomic E-state index is 10.6. The SMILES string of the molecule is Cc1c(C(N)=O)ccn1C. The van der Waals surface area contributed by atoms with Crippen LogP contribution < -0.4 is 5.73 Å². The van der Waals surface area contributed by atoms with E-state index in [1.807, 2.05) is 24.7 Å². The van der Waals surface area contributed by atoms with E-state index in [-0.39, 0.29) is 5.91 Å². The summed E-state index contributed by atoms with van der Waals surface area (Å²) in [5.74, 6) is -0.363. The third kappa shape index (κ3) is 0.900. The second-order valence-corrected chi connectivity index (χ2v) is 2.29. The summed E-state index contributed by atoms with van der Waals surface area (Å²) in [4.78, 5) is 10.6. The predicted molar refractivity (Wildman–Crippen MR) is 38.7 cm³/mol. The van der Waals surface area contributed by atoms with Crippen molar-refractivity contribution in [3.8, 4) is 0 Å². The predicted octanol–water partition coefficient (Wildman–Crippen LogP) is 0.432. The van der Waals surface area contributed by atoms with Crippen LogP contribution in [-0.4, -0.2) is 10.5 Å². The van der Waals surface area contributed by atoms with Crippen LogP contribution in [0.1, 0.15) is 16.1 Å². The van der Waals surface area contributed by atoms with Gasteiger partial charge in [0.05, 0.1) is 5.56 Å². The van der Waals surface area contributed by atoms with Crippen LogP contribution >= 0.6 is 0 Å². The van der Waals surface area contributed by atoms with Crippen LogP contribution in [0, 0.1) is 6.92 Å². The van der Waals surface area contributed by atoms with E-state index in [1.54, 1.807) is 6.07 Å². The lowest BCUT2D eigenvalue weighted by Gasteiger charge is -1.95. The molecule has 10 heavy (non-hydrogen) atoms. The molecule has 0 fully saturated rings. The summed E-state index contributed by atoms with van der Waals surface area (Å²) >= 11 is 0. The Morgan fingerprint density at radius 2 is 2.30 bits per heavy atom. The van der Waals surface area contributed by atoms with E-state index in [2.05, 4.69) is 0 Å². The number of hydrogen-bond acceptors (Lipinski definition) is 1. The van der Waals surface area contributed by atoms with Gasteiger partial charge in [-0.1, -0.05) is 0 Å². The van der Waals surface area contributed by atoms with Gasteiger partial charge < -0.3 is 10.3 Å². The van der Waals surface area contributed by atoms with Crippen LogP contribution in [0.5, 0.6) is 0 Å². The molecule has 0 aliphatic carbocycles. The zero-order chi connectivity index (χ0) is 7.72. The number of hydrogen-bond donors (Lipinski definition) is 1. The molecule has 0 atom stereocenters. The van der Waals surface area contributed by atoms with Crippen molar-refractivity contribution >= 4 is 5.91 Å². The minimum Gasteiger partial charge on any atom is -0.366 e. The van der Waals surface area contributed by atoms with Gasteiger partial charge in [0.2, 0.25) is 0 Å². The van der Waals surface area contributed by atoms with Gasteiger partial charge in [-0.25, -0.2) is 0 Å². The molecule has 1 rings (SSSR count). The molecule has 1 aromatic heterocycles. The number of primary amides is 1. The van der Waals surface area contributed by atoms with Gasteiger partial charge in [0, 0.05) is 18.9 Å². The molecule has 3 heteroatoms. The molecule has 0 aliphatic rings. The molecule has 1 amide bonds. The van der Waals surface area contributed by atoms with Crippen LogP contribution in [0.4, 0.5) is 0 Å². The Morgan fingerprint density at radius 1 is 1.70 bits per heavy atom. The number of aryl methyl sites for hydroxylation is 1. The number of rotatable bonds is 1. The van der Waals surface area contributed by atoms with E-state index in [1.165, 1.54) is 0 Å². The zero-order valence-electron chi connectivity index (χ0n) is 6.09. The van der Waals surface area contributed by atoms with E-state index in [0.29, 0.717) is 5.56 Å². The quantitative estimate of drug-likeness (QED) is 0.601. The number of amides is 1. The third-order valence-electron chi connectivity index (χ3n) is 1.65. The van der Waals surface area contributed by atoms with Gasteiger partial charge in [-0.05, 0) is 13.0 Å². The normalized spacial score (nSPS) is 9.80. The highest BCUT2D eigenvalue weighted by Gasteiger charge is 2.05. The van der Waals surface area contributed by atoms with Crippen LogP contribution in [-0.2, 0) is 7.05 Å². The largest absolute Gasteiger partial charge is 0.366 e. The monoisotopic (exact) mass is 138 g/mol. The number of carbonyl (C=O) groups is 1. The lowest BCUT2D eigenvalue weighted by atomic mass is 10.2. The molecule has 0 bridgehead atoms. The Balaban J connectivity index is 3.17. The Kier molecular flexibility index (Phi) is 1.49. The van der Waals surface area contributed by atoms with Crippen LogP contribution in [0.2, 0.25) is 0 Å². The summed E-state index contributed by atoms with van der Waals surface area (Å²) in [7, 11) is 1.88. The number of carbonyl (C=O) groups excluding carboxylic acids is 1. The molecule has 0 saturated heterocycles. The van der Waals surface area contributed by atoms with Crippen molar-refractivity contribution in [2.45, 2.75) is 6.92 Å². The van der Waals surface area contributed by atoms with Crippen LogP contribution in [0.3, 0.4) is 0 Å². The third-order valence-corrected chi connectivity index (χ3v) is 1.65. The van der Waals surface area contributed by atoms with Crippen molar-refractivity contribution in [3.63, 3.8) is 0 Å². The summed E-state index contributed by atoms with van der Waals surface area (Å²) in [5.41, 5.74) is 6.58. The molecule has 3 nitrogen and oxygen atoms in total. The van der Waals surface area contributed by atoms with E-state index >= 15 is 0 Å². The molecule has 0 spiro atoms. The van der Waals surface area contributed by atoms with Crippen LogP contribution in [0.15, 0.2) is 12.3 Å². The average Bonchev–Trinajstić information content (AvgIpc) is 2.14. The van der Waals surface area contributed by atoms with Crippen molar-refractivity contribution in [3.05, 3.63) is 23.5 Å². The average molecular weight is 138 g/mol. The minimum absolute atomic E-state index is 0.363. The Morgan fingerprint density at radius 3 is 2.50 bits per heavy atom. The van der Waals surface area contributed by atoms with Gasteiger partial charge in [0.1, 0.15) is 0 Å². The Bertz CT molecular complexity index is 263. The van der Waals surface area contributed by atoms with Crippen molar-refractivity contribution in [1.82, 2.24) is 4.57 Å². The first-order chi connectivity index (χ1) is 4.63. The molecule has 0 saturated carbocycles. The second-order valence-electron chi connectivity index (χ2n) is 2.29. The Labute approximate surface area is 59.4 Å². The fourth-order valence-corrected chi connectivity index (χ4v) is 0.869. The molecule has 0 aromatic carbocycles. The topological polar surface area (TPSA) is 48.0 Å². The number of nitrogens with zero attached hydrogens (tertiary/aromatic N) is 1. The summed E-state index contributed by atoms with van der Waals surface area (Å²) < 4.78 is 1.86. The molecule has 0 aliphatic heterocycles. The van der Waals surface area contributed by atoms with Gasteiger partial charge in [0.15, 0.2) is 0 Å². The lowest BCUT2D eigenvalue weighted by Crippen LogP contribution is -2.11. The van der Waals surface area contributed by atoms with Crippen molar-refractivity contribution in [2.75, 3.05) is 0 Å². The molecule has 0 unspecified atom stereocenters. The summed E-state index contributed by atoms with van der Waals surface area (Å²) in [5, 5.41) is 0. The van der Waals surface area contributed by atoms with Gasteiger partial charge >= 0.3 is 0 Å². The molecule has 2 N–H and O–H groups in total. The number of aromatic nitrogens is 1. The maximum Gasteiger partial charge on any atom is 0.250 e. The Hall–Kier alpha value is -1.25. The smallest absolute Gasteiger partial charge is 0.250 e. The van der Waals surface area contributed by atoms with E-state index in [9.17, 15) is 4.79 Å². The first-order valence-corrected chi connectivity index (χ1v) is 3.04. The van der Waals surface area contributed by atoms with Crippen LogP contribution in [0.25, 0.3) is 0 Å².